The molecule has 0 aliphatic heterocycles. The van der Waals surface area contributed by atoms with Crippen molar-refractivity contribution in [3.63, 3.8) is 0 Å². The van der Waals surface area contributed by atoms with E-state index in [1.165, 1.54) is 0 Å². The summed E-state index contributed by atoms with van der Waals surface area (Å²) >= 11 is 0. The molecule has 0 aromatic heterocycles. The first-order valence-electron chi connectivity index (χ1n) is 7.07. The number of nitrogens with two attached hydrogens (primary N) is 1. The molecule has 1 aliphatic carbocycles. The van der Waals surface area contributed by atoms with Crippen LogP contribution in [0.1, 0.15) is 43.7 Å². The van der Waals surface area contributed by atoms with Crippen molar-refractivity contribution in [2.45, 2.75) is 56.4 Å². The monoisotopic (exact) mass is 286 g/mol. The topological polar surface area (TPSA) is 38.0 Å². The van der Waals surface area contributed by atoms with Gasteiger partial charge >= 0.3 is 6.18 Å². The van der Waals surface area contributed by atoms with Crippen molar-refractivity contribution in [1.29, 1.82) is 0 Å². The van der Waals surface area contributed by atoms with Gasteiger partial charge in [0.25, 0.3) is 0 Å². The number of hydrogen-bond acceptors (Lipinski definition) is 2. The predicted molar refractivity (Wildman–Crippen MR) is 73.2 cm³/mol. The van der Waals surface area contributed by atoms with Crippen molar-refractivity contribution >= 4 is 0 Å². The Morgan fingerprint density at radius 2 is 1.70 bits per heavy atom. The largest absolute Gasteiger partial charge is 0.390 e. The number of nitrogens with one attached hydrogen (secondary N) is 1. The van der Waals surface area contributed by atoms with Crippen molar-refractivity contribution in [3.8, 4) is 0 Å². The van der Waals surface area contributed by atoms with Crippen LogP contribution in [0, 0.1) is 0 Å². The van der Waals surface area contributed by atoms with Crippen LogP contribution in [0.15, 0.2) is 30.3 Å². The standard InChI is InChI=1S/C15H21F3N2/c16-15(17,18)10-14(11-4-2-1-3-5-11)20-13-8-6-12(19)7-9-13/h1-5,12-14,20H,6-10,19H2. The van der Waals surface area contributed by atoms with Gasteiger partial charge in [-0.05, 0) is 31.2 Å². The van der Waals surface area contributed by atoms with E-state index in [-0.39, 0.29) is 12.1 Å². The Morgan fingerprint density at radius 3 is 2.25 bits per heavy atom. The van der Waals surface area contributed by atoms with Gasteiger partial charge in [0, 0.05) is 18.1 Å². The number of rotatable bonds is 4. The average Bonchev–Trinajstić information content (AvgIpc) is 2.40. The lowest BCUT2D eigenvalue weighted by atomic mass is 9.90. The molecule has 20 heavy (non-hydrogen) atoms. The summed E-state index contributed by atoms with van der Waals surface area (Å²) in [5.74, 6) is 0. The molecule has 5 heteroatoms. The molecule has 0 amide bonds. The summed E-state index contributed by atoms with van der Waals surface area (Å²) in [5.41, 5.74) is 6.53. The van der Waals surface area contributed by atoms with Crippen LogP contribution < -0.4 is 11.1 Å². The van der Waals surface area contributed by atoms with Gasteiger partial charge in [-0.1, -0.05) is 30.3 Å². The first-order valence-corrected chi connectivity index (χ1v) is 7.07. The van der Waals surface area contributed by atoms with Gasteiger partial charge in [0.05, 0.1) is 6.42 Å². The molecule has 1 saturated carbocycles. The Balaban J connectivity index is 2.03. The van der Waals surface area contributed by atoms with E-state index >= 15 is 0 Å². The highest BCUT2D eigenvalue weighted by Gasteiger charge is 2.34. The van der Waals surface area contributed by atoms with Crippen molar-refractivity contribution < 1.29 is 13.2 Å². The lowest BCUT2D eigenvalue weighted by Gasteiger charge is -2.31. The molecule has 0 bridgehead atoms. The Hall–Kier alpha value is -1.07. The first kappa shape index (κ1) is 15.3. The van der Waals surface area contributed by atoms with Gasteiger partial charge in [0.2, 0.25) is 0 Å². The fraction of sp³-hybridized carbons (Fsp3) is 0.600. The van der Waals surface area contributed by atoms with Gasteiger partial charge in [-0.25, -0.2) is 0 Å². The summed E-state index contributed by atoms with van der Waals surface area (Å²) in [5, 5.41) is 3.17. The summed E-state index contributed by atoms with van der Waals surface area (Å²) in [6, 6.07) is 8.52. The Bertz CT molecular complexity index is 397. The van der Waals surface area contributed by atoms with Crippen LogP contribution in [0.25, 0.3) is 0 Å². The van der Waals surface area contributed by atoms with Gasteiger partial charge in [-0.15, -0.1) is 0 Å². The lowest BCUT2D eigenvalue weighted by molar-refractivity contribution is -0.141. The van der Waals surface area contributed by atoms with Crippen molar-refractivity contribution in [2.24, 2.45) is 5.73 Å². The third-order valence-electron chi connectivity index (χ3n) is 3.85. The van der Waals surface area contributed by atoms with Crippen LogP contribution in [0.4, 0.5) is 13.2 Å². The second kappa shape index (κ2) is 6.59. The molecule has 1 aliphatic rings. The Labute approximate surface area is 117 Å². The van der Waals surface area contributed by atoms with Crippen LogP contribution in [-0.4, -0.2) is 18.3 Å². The number of hydrogen-bond donors (Lipinski definition) is 2. The summed E-state index contributed by atoms with van der Waals surface area (Å²) in [6.45, 7) is 0. The maximum atomic E-state index is 12.7. The second-order valence-corrected chi connectivity index (χ2v) is 5.56. The molecule has 1 unspecified atom stereocenters. The van der Waals surface area contributed by atoms with E-state index in [2.05, 4.69) is 5.32 Å². The van der Waals surface area contributed by atoms with Crippen LogP contribution in [0.5, 0.6) is 0 Å². The van der Waals surface area contributed by atoms with E-state index in [4.69, 9.17) is 5.73 Å². The summed E-state index contributed by atoms with van der Waals surface area (Å²) in [6.07, 6.45) is -1.54. The zero-order valence-electron chi connectivity index (χ0n) is 11.4. The molecule has 0 spiro atoms. The number of alkyl halides is 3. The van der Waals surface area contributed by atoms with E-state index in [9.17, 15) is 13.2 Å². The van der Waals surface area contributed by atoms with Crippen molar-refractivity contribution in [2.75, 3.05) is 0 Å². The third-order valence-corrected chi connectivity index (χ3v) is 3.85. The molecule has 0 heterocycles. The van der Waals surface area contributed by atoms with E-state index in [1.54, 1.807) is 24.3 Å². The molecule has 2 nitrogen and oxygen atoms in total. The molecular weight excluding hydrogens is 265 g/mol. The summed E-state index contributed by atoms with van der Waals surface area (Å²) < 4.78 is 38.2. The maximum Gasteiger partial charge on any atom is 0.390 e. The maximum absolute atomic E-state index is 12.7. The smallest absolute Gasteiger partial charge is 0.328 e. The van der Waals surface area contributed by atoms with Crippen LogP contribution in [-0.2, 0) is 0 Å². The highest BCUT2D eigenvalue weighted by Crippen LogP contribution is 2.31. The van der Waals surface area contributed by atoms with Crippen LogP contribution >= 0.6 is 0 Å². The van der Waals surface area contributed by atoms with Crippen molar-refractivity contribution in [1.82, 2.24) is 5.32 Å². The zero-order chi connectivity index (χ0) is 14.6. The van der Waals surface area contributed by atoms with E-state index in [0.717, 1.165) is 25.7 Å². The SMILES string of the molecule is NC1CCC(NC(CC(F)(F)F)c2ccccc2)CC1. The first-order chi connectivity index (χ1) is 9.44. The minimum absolute atomic E-state index is 0.127. The molecule has 1 fully saturated rings. The zero-order valence-corrected chi connectivity index (χ0v) is 11.4. The minimum atomic E-state index is -4.17. The molecule has 1 atom stereocenters. The molecule has 2 rings (SSSR count). The van der Waals surface area contributed by atoms with Gasteiger partial charge in [0.1, 0.15) is 0 Å². The molecule has 1 aromatic rings. The van der Waals surface area contributed by atoms with Crippen molar-refractivity contribution in [3.05, 3.63) is 35.9 Å². The number of benzene rings is 1. The van der Waals surface area contributed by atoms with Gasteiger partial charge in [0.15, 0.2) is 0 Å². The van der Waals surface area contributed by atoms with Crippen LogP contribution in [0.3, 0.4) is 0 Å². The third kappa shape index (κ3) is 4.80. The molecule has 0 saturated heterocycles. The number of halogens is 3. The highest BCUT2D eigenvalue weighted by molar-refractivity contribution is 5.19. The average molecular weight is 286 g/mol. The Kier molecular flexibility index (Phi) is 5.05. The quantitative estimate of drug-likeness (QED) is 0.888. The fourth-order valence-electron chi connectivity index (χ4n) is 2.76. The highest BCUT2D eigenvalue weighted by atomic mass is 19.4. The fourth-order valence-corrected chi connectivity index (χ4v) is 2.76. The summed E-state index contributed by atoms with van der Waals surface area (Å²) in [4.78, 5) is 0. The van der Waals surface area contributed by atoms with E-state index in [1.807, 2.05) is 6.07 Å². The molecule has 0 radical (unpaired) electrons. The molecule has 3 N–H and O–H groups in total. The van der Waals surface area contributed by atoms with Gasteiger partial charge in [-0.2, -0.15) is 13.2 Å². The minimum Gasteiger partial charge on any atom is -0.328 e. The predicted octanol–water partition coefficient (Wildman–Crippen LogP) is 3.54. The normalized spacial score (nSPS) is 25.4. The summed E-state index contributed by atoms with van der Waals surface area (Å²) in [7, 11) is 0. The lowest BCUT2D eigenvalue weighted by Crippen LogP contribution is -2.40. The second-order valence-electron chi connectivity index (χ2n) is 5.56. The molecule has 112 valence electrons. The molecular formula is C15H21F3N2. The van der Waals surface area contributed by atoms with Gasteiger partial charge in [-0.3, -0.25) is 0 Å². The van der Waals surface area contributed by atoms with Gasteiger partial charge < -0.3 is 11.1 Å². The van der Waals surface area contributed by atoms with Crippen LogP contribution in [0.2, 0.25) is 0 Å². The molecule has 1 aromatic carbocycles. The van der Waals surface area contributed by atoms with E-state index < -0.39 is 18.6 Å². The van der Waals surface area contributed by atoms with E-state index in [0.29, 0.717) is 5.56 Å². The Morgan fingerprint density at radius 1 is 1.10 bits per heavy atom.